The number of ether oxygens (including phenoxy) is 2. The van der Waals surface area contributed by atoms with Crippen LogP contribution in [0.1, 0.15) is 38.7 Å². The molecule has 3 N–H and O–H groups in total. The van der Waals surface area contributed by atoms with Gasteiger partial charge in [0.25, 0.3) is 0 Å². The van der Waals surface area contributed by atoms with Crippen molar-refractivity contribution in [1.29, 1.82) is 0 Å². The van der Waals surface area contributed by atoms with Crippen LogP contribution in [-0.4, -0.2) is 56.1 Å². The summed E-state index contributed by atoms with van der Waals surface area (Å²) in [5, 5.41) is 15.8. The third-order valence-electron chi connectivity index (χ3n) is 3.89. The van der Waals surface area contributed by atoms with Gasteiger partial charge in [0.15, 0.2) is 5.96 Å². The van der Waals surface area contributed by atoms with Crippen LogP contribution in [0.5, 0.6) is 5.88 Å². The van der Waals surface area contributed by atoms with Gasteiger partial charge in [-0.1, -0.05) is 19.4 Å². The van der Waals surface area contributed by atoms with Crippen LogP contribution in [0.3, 0.4) is 0 Å². The number of nitrogens with zero attached hydrogens (tertiary/aromatic N) is 2. The second-order valence-corrected chi connectivity index (χ2v) is 6.09. The van der Waals surface area contributed by atoms with Crippen LogP contribution in [0.2, 0.25) is 0 Å². The second-order valence-electron chi connectivity index (χ2n) is 6.09. The normalized spacial score (nSPS) is 12.2. The van der Waals surface area contributed by atoms with Gasteiger partial charge in [0, 0.05) is 39.1 Å². The van der Waals surface area contributed by atoms with Crippen molar-refractivity contribution in [1.82, 2.24) is 15.6 Å². The van der Waals surface area contributed by atoms with Gasteiger partial charge < -0.3 is 25.2 Å². The average Bonchev–Trinajstić information content (AvgIpc) is 2.65. The first-order valence-corrected chi connectivity index (χ1v) is 9.43. The number of nitrogens with one attached hydrogen (secondary N) is 2. The van der Waals surface area contributed by atoms with E-state index in [1.54, 1.807) is 13.3 Å². The summed E-state index contributed by atoms with van der Waals surface area (Å²) >= 11 is 0. The standard InChI is InChI=1S/C19H34N4O3.HI/c1-4-6-16(9-10-24)13-22-19(20-5-2)23-15-17-7-8-18(21-14-17)26-12-11-25-3;/h7-8,14,16,24H,4-6,9-13,15H2,1-3H3,(H2,20,22,23);1H. The van der Waals surface area contributed by atoms with Crippen LogP contribution in [0, 0.1) is 5.92 Å². The Balaban J connectivity index is 0.00000676. The molecular formula is C19H35IN4O3. The summed E-state index contributed by atoms with van der Waals surface area (Å²) in [5.74, 6) is 1.83. The lowest BCUT2D eigenvalue weighted by atomic mass is 10.0. The molecule has 0 aliphatic heterocycles. The van der Waals surface area contributed by atoms with E-state index in [4.69, 9.17) is 9.47 Å². The lowest BCUT2D eigenvalue weighted by Gasteiger charge is -2.18. The minimum atomic E-state index is 0. The van der Waals surface area contributed by atoms with Gasteiger partial charge in [0.05, 0.1) is 13.2 Å². The summed E-state index contributed by atoms with van der Waals surface area (Å²) < 4.78 is 10.4. The first-order valence-electron chi connectivity index (χ1n) is 9.43. The zero-order valence-electron chi connectivity index (χ0n) is 16.7. The van der Waals surface area contributed by atoms with Gasteiger partial charge in [-0.3, -0.25) is 0 Å². The van der Waals surface area contributed by atoms with Gasteiger partial charge in [0.2, 0.25) is 5.88 Å². The molecule has 8 heteroatoms. The number of rotatable bonds is 13. The summed E-state index contributed by atoms with van der Waals surface area (Å²) in [6, 6.07) is 3.81. The maximum absolute atomic E-state index is 9.18. The quantitative estimate of drug-likeness (QED) is 0.169. The Hall–Kier alpha value is -1.13. The summed E-state index contributed by atoms with van der Waals surface area (Å²) in [6.07, 6.45) is 4.81. The number of guanidine groups is 1. The monoisotopic (exact) mass is 494 g/mol. The highest BCUT2D eigenvalue weighted by atomic mass is 127. The first-order chi connectivity index (χ1) is 12.7. The Bertz CT molecular complexity index is 494. The topological polar surface area (TPSA) is 88.0 Å². The van der Waals surface area contributed by atoms with Crippen molar-refractivity contribution in [2.24, 2.45) is 10.9 Å². The van der Waals surface area contributed by atoms with Gasteiger partial charge >= 0.3 is 0 Å². The van der Waals surface area contributed by atoms with Crippen LogP contribution in [0.15, 0.2) is 23.3 Å². The van der Waals surface area contributed by atoms with E-state index in [-0.39, 0.29) is 30.6 Å². The minimum absolute atomic E-state index is 0. The molecule has 0 saturated carbocycles. The van der Waals surface area contributed by atoms with Gasteiger partial charge in [0.1, 0.15) is 6.61 Å². The van der Waals surface area contributed by atoms with E-state index in [1.807, 2.05) is 19.1 Å². The molecule has 0 saturated heterocycles. The number of aromatic nitrogens is 1. The Morgan fingerprint density at radius 3 is 2.63 bits per heavy atom. The number of halogens is 1. The molecule has 0 aliphatic carbocycles. The predicted molar refractivity (Wildman–Crippen MR) is 120 cm³/mol. The highest BCUT2D eigenvalue weighted by Crippen LogP contribution is 2.10. The Morgan fingerprint density at radius 2 is 2.04 bits per heavy atom. The van der Waals surface area contributed by atoms with Crippen molar-refractivity contribution in [2.45, 2.75) is 39.7 Å². The van der Waals surface area contributed by atoms with Crippen molar-refractivity contribution in [3.63, 3.8) is 0 Å². The molecule has 0 bridgehead atoms. The molecule has 7 nitrogen and oxygen atoms in total. The van der Waals surface area contributed by atoms with E-state index >= 15 is 0 Å². The number of hydrogen-bond donors (Lipinski definition) is 3. The largest absolute Gasteiger partial charge is 0.475 e. The van der Waals surface area contributed by atoms with Crippen LogP contribution < -0.4 is 15.4 Å². The molecule has 0 amide bonds. The SMILES string of the molecule is CCCC(CCO)CNC(=NCc1ccc(OCCOC)nc1)NCC.I. The molecule has 1 heterocycles. The number of hydrogen-bond acceptors (Lipinski definition) is 5. The van der Waals surface area contributed by atoms with Crippen LogP contribution in [0.25, 0.3) is 0 Å². The molecular weight excluding hydrogens is 459 g/mol. The molecule has 1 aromatic rings. The van der Waals surface area contributed by atoms with E-state index in [9.17, 15) is 5.11 Å². The fourth-order valence-corrected chi connectivity index (χ4v) is 2.51. The molecule has 1 atom stereocenters. The molecule has 156 valence electrons. The average molecular weight is 494 g/mol. The van der Waals surface area contributed by atoms with Crippen molar-refractivity contribution in [3.8, 4) is 5.88 Å². The van der Waals surface area contributed by atoms with Gasteiger partial charge in [-0.15, -0.1) is 24.0 Å². The highest BCUT2D eigenvalue weighted by Gasteiger charge is 2.08. The zero-order chi connectivity index (χ0) is 19.0. The molecule has 0 aromatic carbocycles. The highest BCUT2D eigenvalue weighted by molar-refractivity contribution is 14.0. The van der Waals surface area contributed by atoms with Gasteiger partial charge in [-0.2, -0.15) is 0 Å². The number of pyridine rings is 1. The van der Waals surface area contributed by atoms with Crippen molar-refractivity contribution >= 4 is 29.9 Å². The lowest BCUT2D eigenvalue weighted by molar-refractivity contribution is 0.143. The lowest BCUT2D eigenvalue weighted by Crippen LogP contribution is -2.40. The van der Waals surface area contributed by atoms with Gasteiger partial charge in [-0.05, 0) is 31.2 Å². The van der Waals surface area contributed by atoms with E-state index in [2.05, 4.69) is 27.5 Å². The summed E-state index contributed by atoms with van der Waals surface area (Å²) in [6.45, 7) is 7.62. The molecule has 1 aromatic heterocycles. The van der Waals surface area contributed by atoms with E-state index in [0.29, 0.717) is 31.6 Å². The maximum Gasteiger partial charge on any atom is 0.213 e. The van der Waals surface area contributed by atoms with Gasteiger partial charge in [-0.25, -0.2) is 9.98 Å². The predicted octanol–water partition coefficient (Wildman–Crippen LogP) is 2.58. The molecule has 0 spiro atoms. The van der Waals surface area contributed by atoms with Crippen LogP contribution >= 0.6 is 24.0 Å². The van der Waals surface area contributed by atoms with Crippen molar-refractivity contribution in [2.75, 3.05) is 40.0 Å². The molecule has 27 heavy (non-hydrogen) atoms. The number of aliphatic hydroxyl groups is 1. The van der Waals surface area contributed by atoms with E-state index < -0.39 is 0 Å². The summed E-state index contributed by atoms with van der Waals surface area (Å²) in [4.78, 5) is 8.89. The van der Waals surface area contributed by atoms with Crippen molar-refractivity contribution < 1.29 is 14.6 Å². The Kier molecular flexibility index (Phi) is 16.3. The van der Waals surface area contributed by atoms with Crippen LogP contribution in [-0.2, 0) is 11.3 Å². The number of aliphatic hydroxyl groups excluding tert-OH is 1. The minimum Gasteiger partial charge on any atom is -0.475 e. The second kappa shape index (κ2) is 17.0. The maximum atomic E-state index is 9.18. The fourth-order valence-electron chi connectivity index (χ4n) is 2.51. The third kappa shape index (κ3) is 12.0. The molecule has 0 aliphatic rings. The number of aliphatic imine (C=N–C) groups is 1. The number of methoxy groups -OCH3 is 1. The Morgan fingerprint density at radius 1 is 1.22 bits per heavy atom. The van der Waals surface area contributed by atoms with E-state index in [0.717, 1.165) is 43.9 Å². The van der Waals surface area contributed by atoms with E-state index in [1.165, 1.54) is 0 Å². The Labute approximate surface area is 180 Å². The molecule has 1 rings (SSSR count). The fraction of sp³-hybridized carbons (Fsp3) is 0.684. The third-order valence-corrected chi connectivity index (χ3v) is 3.89. The van der Waals surface area contributed by atoms with Crippen LogP contribution in [0.4, 0.5) is 0 Å². The first kappa shape index (κ1) is 25.9. The summed E-state index contributed by atoms with van der Waals surface area (Å²) in [7, 11) is 1.64. The molecule has 0 radical (unpaired) electrons. The molecule has 1 unspecified atom stereocenters. The smallest absolute Gasteiger partial charge is 0.213 e. The molecule has 0 fully saturated rings. The zero-order valence-corrected chi connectivity index (χ0v) is 19.1. The van der Waals surface area contributed by atoms with Crippen molar-refractivity contribution in [3.05, 3.63) is 23.9 Å². The summed E-state index contributed by atoms with van der Waals surface area (Å²) in [5.41, 5.74) is 1.02.